The van der Waals surface area contributed by atoms with Gasteiger partial charge in [0.1, 0.15) is 12.1 Å². The lowest BCUT2D eigenvalue weighted by Gasteiger charge is -2.08. The van der Waals surface area contributed by atoms with Gasteiger partial charge in [-0.3, -0.25) is 4.57 Å². The Labute approximate surface area is 153 Å². The number of nitrogens with one attached hydrogen (secondary N) is 2. The summed E-state index contributed by atoms with van der Waals surface area (Å²) in [7, 11) is 0. The van der Waals surface area contributed by atoms with Crippen molar-refractivity contribution in [3.8, 4) is 5.82 Å². The minimum atomic E-state index is -0.150. The summed E-state index contributed by atoms with van der Waals surface area (Å²) in [6, 6.07) is 14.1. The molecule has 3 aromatic rings. The van der Waals surface area contributed by atoms with Gasteiger partial charge >= 0.3 is 6.03 Å². The van der Waals surface area contributed by atoms with Gasteiger partial charge < -0.3 is 10.6 Å². The van der Waals surface area contributed by atoms with Crippen LogP contribution in [0.3, 0.4) is 0 Å². The summed E-state index contributed by atoms with van der Waals surface area (Å²) in [5.74, 6) is 0.800. The van der Waals surface area contributed by atoms with E-state index in [1.54, 1.807) is 18.7 Å². The number of nitrogens with zero attached hydrogens (tertiary/aromatic N) is 3. The third kappa shape index (κ3) is 5.44. The van der Waals surface area contributed by atoms with Crippen molar-refractivity contribution >= 4 is 6.03 Å². The van der Waals surface area contributed by atoms with Gasteiger partial charge in [-0.25, -0.2) is 14.8 Å². The molecular formula is C20H23N5O. The van der Waals surface area contributed by atoms with Crippen LogP contribution in [0.1, 0.15) is 24.0 Å². The molecule has 0 spiro atoms. The Balaban J connectivity index is 1.31. The van der Waals surface area contributed by atoms with Gasteiger partial charge in [-0.1, -0.05) is 36.4 Å². The first-order chi connectivity index (χ1) is 12.8. The van der Waals surface area contributed by atoms with Gasteiger partial charge in [0.15, 0.2) is 0 Å². The number of imidazole rings is 1. The topological polar surface area (TPSA) is 71.8 Å². The van der Waals surface area contributed by atoms with E-state index in [-0.39, 0.29) is 6.03 Å². The average molecular weight is 349 g/mol. The SMILES string of the molecule is O=C(NCCCCc1ccccc1)NCc1ccc(-n2ccnc2)nc1. The number of benzene rings is 1. The number of carbonyl (C=O) groups is 1. The van der Waals surface area contributed by atoms with Crippen molar-refractivity contribution in [1.29, 1.82) is 0 Å². The zero-order valence-electron chi connectivity index (χ0n) is 14.6. The quantitative estimate of drug-likeness (QED) is 0.614. The number of hydrogen-bond donors (Lipinski definition) is 2. The summed E-state index contributed by atoms with van der Waals surface area (Å²) in [5, 5.41) is 5.74. The Morgan fingerprint density at radius 2 is 1.88 bits per heavy atom. The van der Waals surface area contributed by atoms with Crippen molar-refractivity contribution < 1.29 is 4.79 Å². The molecule has 0 atom stereocenters. The summed E-state index contributed by atoms with van der Waals surface area (Å²) in [6.07, 6.45) is 10.1. The van der Waals surface area contributed by atoms with E-state index in [0.717, 1.165) is 30.6 Å². The van der Waals surface area contributed by atoms with Crippen molar-refractivity contribution in [3.63, 3.8) is 0 Å². The second kappa shape index (κ2) is 9.36. The number of amides is 2. The van der Waals surface area contributed by atoms with Crippen molar-refractivity contribution in [1.82, 2.24) is 25.2 Å². The maximum atomic E-state index is 11.8. The van der Waals surface area contributed by atoms with Gasteiger partial charge in [-0.05, 0) is 36.5 Å². The van der Waals surface area contributed by atoms with E-state index < -0.39 is 0 Å². The summed E-state index contributed by atoms with van der Waals surface area (Å²) in [6.45, 7) is 1.13. The Hall–Kier alpha value is -3.15. The lowest BCUT2D eigenvalue weighted by atomic mass is 10.1. The molecule has 0 saturated heterocycles. The fraction of sp³-hybridized carbons (Fsp3) is 0.250. The first-order valence-electron chi connectivity index (χ1n) is 8.80. The van der Waals surface area contributed by atoms with Crippen LogP contribution in [0.4, 0.5) is 4.79 Å². The first kappa shape index (κ1) is 17.7. The van der Waals surface area contributed by atoms with Gasteiger partial charge in [0.25, 0.3) is 0 Å². The molecule has 2 N–H and O–H groups in total. The zero-order valence-corrected chi connectivity index (χ0v) is 14.6. The highest BCUT2D eigenvalue weighted by molar-refractivity contribution is 5.73. The minimum Gasteiger partial charge on any atom is -0.338 e. The van der Waals surface area contributed by atoms with Gasteiger partial charge in [0, 0.05) is 31.7 Å². The van der Waals surface area contributed by atoms with Crippen molar-refractivity contribution in [2.75, 3.05) is 6.54 Å². The number of hydrogen-bond acceptors (Lipinski definition) is 3. The summed E-state index contributed by atoms with van der Waals surface area (Å²) >= 11 is 0. The van der Waals surface area contributed by atoms with Gasteiger partial charge in [-0.15, -0.1) is 0 Å². The maximum absolute atomic E-state index is 11.8. The third-order valence-corrected chi connectivity index (χ3v) is 4.05. The zero-order chi connectivity index (χ0) is 18.0. The van der Waals surface area contributed by atoms with E-state index in [4.69, 9.17) is 0 Å². The number of carbonyl (C=O) groups excluding carboxylic acids is 1. The van der Waals surface area contributed by atoms with Crippen molar-refractivity contribution in [3.05, 3.63) is 78.5 Å². The summed E-state index contributed by atoms with van der Waals surface area (Å²) in [5.41, 5.74) is 2.29. The van der Waals surface area contributed by atoms with E-state index in [1.807, 2.05) is 29.0 Å². The van der Waals surface area contributed by atoms with Crippen LogP contribution < -0.4 is 10.6 Å². The van der Waals surface area contributed by atoms with Crippen molar-refractivity contribution in [2.45, 2.75) is 25.8 Å². The van der Waals surface area contributed by atoms with Gasteiger partial charge in [-0.2, -0.15) is 0 Å². The summed E-state index contributed by atoms with van der Waals surface area (Å²) < 4.78 is 1.83. The molecule has 0 unspecified atom stereocenters. The molecule has 0 radical (unpaired) electrons. The molecule has 2 heterocycles. The molecule has 3 rings (SSSR count). The van der Waals surface area contributed by atoms with Crippen LogP contribution in [-0.2, 0) is 13.0 Å². The van der Waals surface area contributed by atoms with Crippen LogP contribution in [0.25, 0.3) is 5.82 Å². The number of urea groups is 1. The van der Waals surface area contributed by atoms with Crippen LogP contribution in [-0.4, -0.2) is 27.1 Å². The van der Waals surface area contributed by atoms with Gasteiger partial charge in [0.2, 0.25) is 0 Å². The van der Waals surface area contributed by atoms with Crippen LogP contribution in [0, 0.1) is 0 Å². The minimum absolute atomic E-state index is 0.150. The largest absolute Gasteiger partial charge is 0.338 e. The molecule has 0 bridgehead atoms. The molecule has 0 aliphatic carbocycles. The van der Waals surface area contributed by atoms with E-state index >= 15 is 0 Å². The maximum Gasteiger partial charge on any atom is 0.315 e. The second-order valence-corrected chi connectivity index (χ2v) is 6.05. The smallest absolute Gasteiger partial charge is 0.315 e. The number of aryl methyl sites for hydroxylation is 1. The number of unbranched alkanes of at least 4 members (excludes halogenated alkanes) is 1. The normalized spacial score (nSPS) is 10.5. The van der Waals surface area contributed by atoms with Crippen LogP contribution in [0.5, 0.6) is 0 Å². The Morgan fingerprint density at radius 1 is 1.00 bits per heavy atom. The highest BCUT2D eigenvalue weighted by Gasteiger charge is 2.02. The van der Waals surface area contributed by atoms with Gasteiger partial charge in [0.05, 0.1) is 0 Å². The molecule has 1 aromatic carbocycles. The van der Waals surface area contributed by atoms with Crippen LogP contribution >= 0.6 is 0 Å². The predicted octanol–water partition coefficient (Wildman–Crippen LogP) is 3.09. The molecule has 6 nitrogen and oxygen atoms in total. The molecule has 0 saturated carbocycles. The highest BCUT2D eigenvalue weighted by atomic mass is 16.2. The second-order valence-electron chi connectivity index (χ2n) is 6.05. The molecule has 0 fully saturated rings. The van der Waals surface area contributed by atoms with E-state index in [2.05, 4.69) is 44.9 Å². The monoisotopic (exact) mass is 349 g/mol. The first-order valence-corrected chi connectivity index (χ1v) is 8.80. The van der Waals surface area contributed by atoms with E-state index in [1.165, 1.54) is 5.56 Å². The number of rotatable bonds is 8. The van der Waals surface area contributed by atoms with Crippen LogP contribution in [0.15, 0.2) is 67.4 Å². The van der Waals surface area contributed by atoms with E-state index in [0.29, 0.717) is 13.1 Å². The summed E-state index contributed by atoms with van der Waals surface area (Å²) in [4.78, 5) is 20.2. The fourth-order valence-corrected chi connectivity index (χ4v) is 2.61. The Kier molecular flexibility index (Phi) is 6.36. The highest BCUT2D eigenvalue weighted by Crippen LogP contribution is 2.05. The fourth-order valence-electron chi connectivity index (χ4n) is 2.61. The average Bonchev–Trinajstić information content (AvgIpc) is 3.22. The van der Waals surface area contributed by atoms with Crippen LogP contribution in [0.2, 0.25) is 0 Å². The lowest BCUT2D eigenvalue weighted by molar-refractivity contribution is 0.240. The molecule has 26 heavy (non-hydrogen) atoms. The molecule has 6 heteroatoms. The standard InChI is InChI=1S/C20H23N5O/c26-20(22-11-5-4-8-17-6-2-1-3-7-17)24-15-18-9-10-19(23-14-18)25-13-12-21-16-25/h1-3,6-7,9-10,12-14,16H,4-5,8,11,15H2,(H2,22,24,26). The molecule has 2 amide bonds. The number of pyridine rings is 1. The Morgan fingerprint density at radius 3 is 2.62 bits per heavy atom. The third-order valence-electron chi connectivity index (χ3n) is 4.05. The molecule has 2 aromatic heterocycles. The predicted molar refractivity (Wildman–Crippen MR) is 101 cm³/mol. The molecule has 0 aliphatic rings. The molecular weight excluding hydrogens is 326 g/mol. The lowest BCUT2D eigenvalue weighted by Crippen LogP contribution is -2.35. The van der Waals surface area contributed by atoms with Crippen molar-refractivity contribution in [2.24, 2.45) is 0 Å². The number of aromatic nitrogens is 3. The Bertz CT molecular complexity index is 785. The molecule has 134 valence electrons. The molecule has 0 aliphatic heterocycles. The van der Waals surface area contributed by atoms with E-state index in [9.17, 15) is 4.79 Å².